The lowest BCUT2D eigenvalue weighted by molar-refractivity contribution is -0.396. The molecule has 0 atom stereocenters. The second kappa shape index (κ2) is 4.16. The lowest BCUT2D eigenvalue weighted by Crippen LogP contribution is -1.97. The van der Waals surface area contributed by atoms with Crippen LogP contribution in [0.15, 0.2) is 42.6 Å². The van der Waals surface area contributed by atoms with Gasteiger partial charge in [0.15, 0.2) is 5.52 Å². The number of pyridine rings is 1. The van der Waals surface area contributed by atoms with Crippen LogP contribution in [0.4, 0.5) is 5.95 Å². The molecule has 0 radical (unpaired) electrons. The molecule has 0 fully saturated rings. The van der Waals surface area contributed by atoms with Gasteiger partial charge in [-0.15, -0.1) is 0 Å². The Morgan fingerprint density at radius 1 is 1.21 bits per heavy atom. The monoisotopic (exact) mass is 254 g/mol. The van der Waals surface area contributed by atoms with Crippen molar-refractivity contribution in [2.45, 2.75) is 0 Å². The Morgan fingerprint density at radius 3 is 2.63 bits per heavy atom. The van der Waals surface area contributed by atoms with E-state index in [0.717, 1.165) is 11.1 Å². The summed E-state index contributed by atoms with van der Waals surface area (Å²) in [7, 11) is 1.62. The number of aryl methyl sites for hydroxylation is 1. The van der Waals surface area contributed by atoms with Crippen molar-refractivity contribution in [2.24, 2.45) is 7.05 Å². The Labute approximate surface area is 108 Å². The lowest BCUT2D eigenvalue weighted by atomic mass is 10.1. The van der Waals surface area contributed by atoms with Gasteiger partial charge in [0.05, 0.1) is 7.05 Å². The minimum atomic E-state index is -0.510. The van der Waals surface area contributed by atoms with Crippen molar-refractivity contribution in [3.63, 3.8) is 0 Å². The average Bonchev–Trinajstić information content (AvgIpc) is 2.77. The van der Waals surface area contributed by atoms with Crippen molar-refractivity contribution in [2.75, 3.05) is 0 Å². The summed E-state index contributed by atoms with van der Waals surface area (Å²) in [6.07, 6.45) is 1.67. The Morgan fingerprint density at radius 2 is 1.95 bits per heavy atom. The second-order valence-corrected chi connectivity index (χ2v) is 4.16. The number of hydrogen-bond donors (Lipinski definition) is 0. The van der Waals surface area contributed by atoms with Gasteiger partial charge in [0, 0.05) is 11.8 Å². The number of nitro groups is 1. The molecular weight excluding hydrogens is 244 g/mol. The van der Waals surface area contributed by atoms with E-state index in [1.54, 1.807) is 13.2 Å². The molecule has 0 saturated carbocycles. The van der Waals surface area contributed by atoms with Crippen LogP contribution in [0.1, 0.15) is 0 Å². The summed E-state index contributed by atoms with van der Waals surface area (Å²) < 4.78 is 1.44. The highest BCUT2D eigenvalue weighted by Crippen LogP contribution is 2.24. The first-order valence-corrected chi connectivity index (χ1v) is 5.69. The van der Waals surface area contributed by atoms with Gasteiger partial charge in [0.2, 0.25) is 0 Å². The van der Waals surface area contributed by atoms with E-state index in [4.69, 9.17) is 0 Å². The van der Waals surface area contributed by atoms with Crippen molar-refractivity contribution in [3.05, 3.63) is 52.7 Å². The van der Waals surface area contributed by atoms with Gasteiger partial charge in [-0.2, -0.15) is 0 Å². The van der Waals surface area contributed by atoms with E-state index in [1.807, 2.05) is 36.4 Å². The van der Waals surface area contributed by atoms with Crippen LogP contribution < -0.4 is 0 Å². The molecule has 1 aromatic carbocycles. The lowest BCUT2D eigenvalue weighted by Gasteiger charge is -1.99. The molecule has 6 heteroatoms. The number of hydrogen-bond acceptors (Lipinski definition) is 4. The highest BCUT2D eigenvalue weighted by atomic mass is 16.6. The largest absolute Gasteiger partial charge is 0.437 e. The van der Waals surface area contributed by atoms with Gasteiger partial charge >= 0.3 is 5.95 Å². The molecule has 2 aromatic heterocycles. The number of aromatic nitrogens is 3. The van der Waals surface area contributed by atoms with Crippen molar-refractivity contribution in [3.8, 4) is 11.1 Å². The standard InChI is InChI=1S/C13H10N4O2/c1-16-11-7-10(9-5-3-2-4-6-9)8-14-12(11)15-13(16)17(18)19/h2-8H,1H3. The first-order chi connectivity index (χ1) is 9.16. The molecule has 0 unspecified atom stereocenters. The van der Waals surface area contributed by atoms with Gasteiger partial charge in [0.1, 0.15) is 0 Å². The number of benzene rings is 1. The zero-order chi connectivity index (χ0) is 13.4. The fourth-order valence-corrected chi connectivity index (χ4v) is 2.01. The Balaban J connectivity index is 2.21. The second-order valence-electron chi connectivity index (χ2n) is 4.16. The number of imidazole rings is 1. The van der Waals surface area contributed by atoms with Crippen molar-refractivity contribution in [1.82, 2.24) is 14.5 Å². The Hall–Kier alpha value is -2.76. The molecule has 94 valence electrons. The molecule has 3 aromatic rings. The molecule has 0 amide bonds. The fraction of sp³-hybridized carbons (Fsp3) is 0.0769. The number of nitrogens with zero attached hydrogens (tertiary/aromatic N) is 4. The smallest absolute Gasteiger partial charge is 0.390 e. The van der Waals surface area contributed by atoms with Gasteiger partial charge in [0.25, 0.3) is 5.65 Å². The van der Waals surface area contributed by atoms with E-state index in [1.165, 1.54) is 4.57 Å². The Bertz CT molecular complexity index is 765. The molecule has 0 bridgehead atoms. The third-order valence-electron chi connectivity index (χ3n) is 2.98. The SMILES string of the molecule is Cn1c([N+](=O)[O-])nc2ncc(-c3ccccc3)cc21. The molecule has 6 nitrogen and oxygen atoms in total. The van der Waals surface area contributed by atoms with E-state index >= 15 is 0 Å². The maximum atomic E-state index is 10.8. The van der Waals surface area contributed by atoms with E-state index in [9.17, 15) is 10.1 Å². The highest BCUT2D eigenvalue weighted by molar-refractivity contribution is 5.79. The molecule has 3 rings (SSSR count). The molecule has 19 heavy (non-hydrogen) atoms. The van der Waals surface area contributed by atoms with Crippen LogP contribution in [0, 0.1) is 10.1 Å². The molecule has 0 aliphatic rings. The molecule has 0 N–H and O–H groups in total. The summed E-state index contributed by atoms with van der Waals surface area (Å²) in [6.45, 7) is 0. The van der Waals surface area contributed by atoms with Crippen LogP contribution in [0.5, 0.6) is 0 Å². The first-order valence-electron chi connectivity index (χ1n) is 5.69. The maximum absolute atomic E-state index is 10.8. The van der Waals surface area contributed by atoms with E-state index in [-0.39, 0.29) is 5.95 Å². The van der Waals surface area contributed by atoms with E-state index < -0.39 is 4.92 Å². The summed E-state index contributed by atoms with van der Waals surface area (Å²) in [6, 6.07) is 11.6. The molecule has 0 saturated heterocycles. The summed E-state index contributed by atoms with van der Waals surface area (Å²) in [5.74, 6) is -0.201. The van der Waals surface area contributed by atoms with Crippen LogP contribution in [-0.2, 0) is 7.05 Å². The van der Waals surface area contributed by atoms with Crippen molar-refractivity contribution >= 4 is 17.1 Å². The normalized spacial score (nSPS) is 10.8. The van der Waals surface area contributed by atoms with Crippen molar-refractivity contribution in [1.29, 1.82) is 0 Å². The number of rotatable bonds is 2. The van der Waals surface area contributed by atoms with Gasteiger partial charge in [-0.1, -0.05) is 30.3 Å². The fourth-order valence-electron chi connectivity index (χ4n) is 2.01. The topological polar surface area (TPSA) is 73.8 Å². The molecule has 0 aliphatic heterocycles. The Kier molecular flexibility index (Phi) is 2.49. The van der Waals surface area contributed by atoms with Gasteiger partial charge in [-0.25, -0.2) is 9.55 Å². The first kappa shape index (κ1) is 11.3. The van der Waals surface area contributed by atoms with Crippen LogP contribution in [0.25, 0.3) is 22.3 Å². The highest BCUT2D eigenvalue weighted by Gasteiger charge is 2.20. The molecule has 0 aliphatic carbocycles. The van der Waals surface area contributed by atoms with Gasteiger partial charge in [-0.3, -0.25) is 0 Å². The minimum absolute atomic E-state index is 0.201. The maximum Gasteiger partial charge on any atom is 0.437 e. The van der Waals surface area contributed by atoms with Crippen LogP contribution >= 0.6 is 0 Å². The quantitative estimate of drug-likeness (QED) is 0.520. The van der Waals surface area contributed by atoms with Crippen LogP contribution in [0.3, 0.4) is 0 Å². The zero-order valence-electron chi connectivity index (χ0n) is 10.1. The molecular formula is C13H10N4O2. The average molecular weight is 254 g/mol. The van der Waals surface area contributed by atoms with Crippen LogP contribution in [-0.4, -0.2) is 19.5 Å². The summed E-state index contributed by atoms with van der Waals surface area (Å²) in [5, 5.41) is 10.8. The van der Waals surface area contributed by atoms with Gasteiger partial charge in [-0.05, 0) is 21.5 Å². The predicted octanol–water partition coefficient (Wildman–Crippen LogP) is 2.54. The van der Waals surface area contributed by atoms with Gasteiger partial charge < -0.3 is 10.1 Å². The van der Waals surface area contributed by atoms with E-state index in [2.05, 4.69) is 9.97 Å². The third kappa shape index (κ3) is 1.83. The summed E-state index contributed by atoms with van der Waals surface area (Å²) in [5.41, 5.74) is 2.95. The summed E-state index contributed by atoms with van der Waals surface area (Å²) in [4.78, 5) is 18.4. The third-order valence-corrected chi connectivity index (χ3v) is 2.98. The minimum Gasteiger partial charge on any atom is -0.390 e. The van der Waals surface area contributed by atoms with Crippen molar-refractivity contribution < 1.29 is 4.92 Å². The predicted molar refractivity (Wildman–Crippen MR) is 70.6 cm³/mol. The van der Waals surface area contributed by atoms with Crippen LogP contribution in [0.2, 0.25) is 0 Å². The molecule has 0 spiro atoms. The number of fused-ring (bicyclic) bond motifs is 1. The van der Waals surface area contributed by atoms with E-state index in [0.29, 0.717) is 11.2 Å². The molecule has 2 heterocycles. The summed E-state index contributed by atoms with van der Waals surface area (Å²) >= 11 is 0. The zero-order valence-corrected chi connectivity index (χ0v) is 10.1.